The van der Waals surface area contributed by atoms with E-state index in [-0.39, 0.29) is 18.8 Å². The van der Waals surface area contributed by atoms with Crippen LogP contribution in [0.4, 0.5) is 0 Å². The molecule has 224 valence electrons. The van der Waals surface area contributed by atoms with Crippen LogP contribution in [0.25, 0.3) is 32.3 Å². The number of carbonyl (C=O) groups is 1. The van der Waals surface area contributed by atoms with Crippen LogP contribution in [0.5, 0.6) is 0 Å². The van der Waals surface area contributed by atoms with Gasteiger partial charge in [-0.15, -0.1) is 0 Å². The molecule has 0 aliphatic rings. The Balaban J connectivity index is 0.000000306. The summed E-state index contributed by atoms with van der Waals surface area (Å²) in [6, 6.07) is 20.3. The molecular weight excluding hydrogens is 506 g/mol. The molecule has 0 saturated carbocycles. The minimum atomic E-state index is -0.487. The minimum absolute atomic E-state index is 0. The number of rotatable bonds is 8. The average Bonchev–Trinajstić information content (AvgIpc) is 2.87. The molecular formula is C37H53NO3. The molecule has 0 radical (unpaired) electrons. The van der Waals surface area contributed by atoms with E-state index in [0.717, 1.165) is 24.5 Å². The molecule has 0 aliphatic carbocycles. The average molecular weight is 560 g/mol. The summed E-state index contributed by atoms with van der Waals surface area (Å²) in [7, 11) is 0. The van der Waals surface area contributed by atoms with Gasteiger partial charge < -0.3 is 9.47 Å². The fourth-order valence-electron chi connectivity index (χ4n) is 4.92. The second kappa shape index (κ2) is 13.7. The summed E-state index contributed by atoms with van der Waals surface area (Å²) in [5, 5.41) is 7.37. The highest BCUT2D eigenvalue weighted by atomic mass is 16.5. The van der Waals surface area contributed by atoms with Crippen LogP contribution < -0.4 is 0 Å². The van der Waals surface area contributed by atoms with Crippen LogP contribution in [0.2, 0.25) is 0 Å². The molecule has 0 aliphatic heterocycles. The fourth-order valence-corrected chi connectivity index (χ4v) is 4.92. The van der Waals surface area contributed by atoms with Gasteiger partial charge >= 0.3 is 5.97 Å². The lowest BCUT2D eigenvalue weighted by Gasteiger charge is -2.31. The van der Waals surface area contributed by atoms with Crippen LogP contribution in [0.15, 0.2) is 66.9 Å². The molecule has 0 bridgehead atoms. The van der Waals surface area contributed by atoms with Crippen molar-refractivity contribution < 1.29 is 14.3 Å². The topological polar surface area (TPSA) is 38.8 Å². The van der Waals surface area contributed by atoms with Crippen molar-refractivity contribution in [1.82, 2.24) is 4.90 Å². The standard InChI is InChI=1S/C22H20O2.C14H29NO.CH4/c1-22(2,3)21(23)24-13-17-12-16-8-4-6-14-10-11-15-7-5-9-18(17)20(15)19(14)16;1-11(2)15(12(3)4)9-10-16-13(5)14(6,7)8;/h4-12H,13H2,1-3H3;11-12H,5,9-10H2,1-4,6-8H3;1H4. The molecule has 41 heavy (non-hydrogen) atoms. The predicted octanol–water partition coefficient (Wildman–Crippen LogP) is 9.99. The maximum absolute atomic E-state index is 12.1. The monoisotopic (exact) mass is 559 g/mol. The second-order valence-corrected chi connectivity index (χ2v) is 13.4. The number of hydrogen-bond donors (Lipinski definition) is 0. The summed E-state index contributed by atoms with van der Waals surface area (Å²) >= 11 is 0. The largest absolute Gasteiger partial charge is 0.497 e. The summed E-state index contributed by atoms with van der Waals surface area (Å²) in [4.78, 5) is 14.6. The van der Waals surface area contributed by atoms with Gasteiger partial charge in [-0.1, -0.05) is 83.3 Å². The number of allylic oxidation sites excluding steroid dienone is 1. The zero-order valence-electron chi connectivity index (χ0n) is 26.4. The van der Waals surface area contributed by atoms with E-state index in [0.29, 0.717) is 18.7 Å². The lowest BCUT2D eigenvalue weighted by Crippen LogP contribution is -2.39. The van der Waals surface area contributed by atoms with Crippen LogP contribution in [-0.4, -0.2) is 36.1 Å². The smallest absolute Gasteiger partial charge is 0.311 e. The molecule has 0 amide bonds. The number of ether oxygens (including phenoxy) is 2. The van der Waals surface area contributed by atoms with E-state index in [1.807, 2.05) is 20.8 Å². The predicted molar refractivity (Wildman–Crippen MR) is 178 cm³/mol. The van der Waals surface area contributed by atoms with Crippen molar-refractivity contribution in [3.8, 4) is 0 Å². The molecule has 0 N–H and O–H groups in total. The van der Waals surface area contributed by atoms with E-state index in [2.05, 4.69) is 115 Å². The Hall–Kier alpha value is -3.11. The molecule has 4 aromatic carbocycles. The van der Waals surface area contributed by atoms with Crippen LogP contribution in [-0.2, 0) is 20.9 Å². The maximum Gasteiger partial charge on any atom is 0.311 e. The Bertz CT molecular complexity index is 1430. The highest BCUT2D eigenvalue weighted by molar-refractivity contribution is 6.23. The van der Waals surface area contributed by atoms with Crippen molar-refractivity contribution in [2.24, 2.45) is 10.8 Å². The first kappa shape index (κ1) is 34.1. The normalized spacial score (nSPS) is 12.1. The third-order valence-electron chi connectivity index (χ3n) is 7.35. The number of esters is 1. The van der Waals surface area contributed by atoms with Crippen molar-refractivity contribution in [2.75, 3.05) is 13.2 Å². The first-order valence-corrected chi connectivity index (χ1v) is 14.5. The Morgan fingerprint density at radius 3 is 1.85 bits per heavy atom. The van der Waals surface area contributed by atoms with Gasteiger partial charge in [-0.2, -0.15) is 0 Å². The van der Waals surface area contributed by atoms with Crippen molar-refractivity contribution in [2.45, 2.75) is 95.4 Å². The van der Waals surface area contributed by atoms with Gasteiger partial charge in [-0.3, -0.25) is 9.69 Å². The van der Waals surface area contributed by atoms with Gasteiger partial charge in [0.25, 0.3) is 0 Å². The van der Waals surface area contributed by atoms with Crippen molar-refractivity contribution in [3.63, 3.8) is 0 Å². The SMILES string of the molecule is C.C=C(OCCN(C(C)C)C(C)C)C(C)(C)C.CC(C)(C)C(=O)OCc1cc2cccc3ccc4cccc1c4c32. The Labute approximate surface area is 249 Å². The van der Waals surface area contributed by atoms with Crippen LogP contribution >= 0.6 is 0 Å². The number of nitrogens with zero attached hydrogens (tertiary/aromatic N) is 1. The summed E-state index contributed by atoms with van der Waals surface area (Å²) < 4.78 is 11.3. The van der Waals surface area contributed by atoms with Gasteiger partial charge in [0.2, 0.25) is 0 Å². The van der Waals surface area contributed by atoms with Gasteiger partial charge in [-0.25, -0.2) is 0 Å². The van der Waals surface area contributed by atoms with Crippen molar-refractivity contribution in [1.29, 1.82) is 0 Å². The van der Waals surface area contributed by atoms with E-state index in [4.69, 9.17) is 9.47 Å². The van der Waals surface area contributed by atoms with Gasteiger partial charge in [0.05, 0.1) is 11.2 Å². The van der Waals surface area contributed by atoms with Gasteiger partial charge in [0.1, 0.15) is 13.2 Å². The molecule has 0 atom stereocenters. The zero-order valence-corrected chi connectivity index (χ0v) is 26.4. The minimum Gasteiger partial charge on any atom is -0.497 e. The molecule has 0 spiro atoms. The molecule has 0 aromatic heterocycles. The molecule has 0 fully saturated rings. The lowest BCUT2D eigenvalue weighted by atomic mass is 9.91. The highest BCUT2D eigenvalue weighted by Gasteiger charge is 2.23. The first-order valence-electron chi connectivity index (χ1n) is 14.5. The highest BCUT2D eigenvalue weighted by Crippen LogP contribution is 2.36. The molecule has 0 saturated heterocycles. The molecule has 4 heteroatoms. The van der Waals surface area contributed by atoms with Crippen LogP contribution in [0, 0.1) is 10.8 Å². The summed E-state index contributed by atoms with van der Waals surface area (Å²) in [6.07, 6.45) is 0. The molecule has 4 aromatic rings. The van der Waals surface area contributed by atoms with Crippen molar-refractivity contribution in [3.05, 3.63) is 72.5 Å². The van der Waals surface area contributed by atoms with Gasteiger partial charge in [0, 0.05) is 24.0 Å². The van der Waals surface area contributed by atoms with E-state index in [1.165, 1.54) is 32.3 Å². The summed E-state index contributed by atoms with van der Waals surface area (Å²) in [5.74, 6) is 0.701. The van der Waals surface area contributed by atoms with Crippen LogP contribution in [0.1, 0.15) is 82.2 Å². The van der Waals surface area contributed by atoms with E-state index in [1.54, 1.807) is 0 Å². The van der Waals surface area contributed by atoms with Crippen molar-refractivity contribution >= 4 is 38.3 Å². The third-order valence-corrected chi connectivity index (χ3v) is 7.35. The van der Waals surface area contributed by atoms with E-state index in [9.17, 15) is 4.79 Å². The third kappa shape index (κ3) is 8.45. The Kier molecular flexibility index (Phi) is 11.4. The maximum atomic E-state index is 12.1. The van der Waals surface area contributed by atoms with Crippen LogP contribution in [0.3, 0.4) is 0 Å². The molecule has 4 rings (SSSR count). The number of carbonyl (C=O) groups excluding carboxylic acids is 1. The molecule has 4 nitrogen and oxygen atoms in total. The fraction of sp³-hybridized carbons (Fsp3) is 0.486. The first-order chi connectivity index (χ1) is 18.6. The summed E-state index contributed by atoms with van der Waals surface area (Å²) in [6.45, 7) is 26.8. The zero-order chi connectivity index (χ0) is 29.8. The Morgan fingerprint density at radius 2 is 1.32 bits per heavy atom. The second-order valence-electron chi connectivity index (χ2n) is 13.4. The lowest BCUT2D eigenvalue weighted by molar-refractivity contribution is -0.154. The number of benzene rings is 4. The summed E-state index contributed by atoms with van der Waals surface area (Å²) in [5.41, 5.74) is 0.615. The molecule has 0 heterocycles. The quantitative estimate of drug-likeness (QED) is 0.122. The van der Waals surface area contributed by atoms with E-state index < -0.39 is 5.41 Å². The van der Waals surface area contributed by atoms with Gasteiger partial charge in [0.15, 0.2) is 0 Å². The molecule has 0 unspecified atom stereocenters. The van der Waals surface area contributed by atoms with E-state index >= 15 is 0 Å². The van der Waals surface area contributed by atoms with Gasteiger partial charge in [-0.05, 0) is 92.4 Å². The number of hydrogen-bond acceptors (Lipinski definition) is 4. The Morgan fingerprint density at radius 1 is 0.780 bits per heavy atom.